The molecule has 0 saturated carbocycles. The lowest BCUT2D eigenvalue weighted by atomic mass is 9.90. The number of hydrogen-bond acceptors (Lipinski definition) is 5. The number of nitrogens with zero attached hydrogens (tertiary/aromatic N) is 2. The fourth-order valence-electron chi connectivity index (χ4n) is 1.93. The van der Waals surface area contributed by atoms with E-state index in [-0.39, 0.29) is 12.2 Å². The van der Waals surface area contributed by atoms with E-state index < -0.39 is 21.2 Å². The Morgan fingerprint density at radius 2 is 1.47 bits per heavy atom. The van der Waals surface area contributed by atoms with Crippen LogP contribution in [0.4, 0.5) is 11.4 Å². The molecular formula is C10H8N2O5. The molecule has 7 heteroatoms. The fourth-order valence-corrected chi connectivity index (χ4v) is 1.93. The minimum Gasteiger partial charge on any atom is -0.299 e. The van der Waals surface area contributed by atoms with Gasteiger partial charge in [0.1, 0.15) is 5.78 Å². The van der Waals surface area contributed by atoms with Crippen LogP contribution in [0.25, 0.3) is 0 Å². The van der Waals surface area contributed by atoms with Gasteiger partial charge in [-0.3, -0.25) is 25.0 Å². The zero-order chi connectivity index (χ0) is 12.6. The van der Waals surface area contributed by atoms with E-state index >= 15 is 0 Å². The molecule has 0 unspecified atom stereocenters. The van der Waals surface area contributed by atoms with E-state index in [1.54, 1.807) is 0 Å². The second-order valence-corrected chi connectivity index (χ2v) is 3.84. The standard InChI is InChI=1S/C10H8N2O5/c13-8-2-1-6-4-9(11(14)15)10(12(16)17)5-7(6)3-8/h4-5H,1-3H2. The highest BCUT2D eigenvalue weighted by molar-refractivity contribution is 5.84. The average Bonchev–Trinajstić information content (AvgIpc) is 2.26. The number of carbonyl (C=O) groups is 1. The van der Waals surface area contributed by atoms with Crippen molar-refractivity contribution >= 4 is 17.2 Å². The van der Waals surface area contributed by atoms with Crippen LogP contribution in [0.3, 0.4) is 0 Å². The minimum absolute atomic E-state index is 0.000603. The highest BCUT2D eigenvalue weighted by atomic mass is 16.6. The summed E-state index contributed by atoms with van der Waals surface area (Å²) in [6, 6.07) is 2.35. The first-order chi connectivity index (χ1) is 7.99. The van der Waals surface area contributed by atoms with Crippen LogP contribution >= 0.6 is 0 Å². The summed E-state index contributed by atoms with van der Waals surface area (Å²) >= 11 is 0. The lowest BCUT2D eigenvalue weighted by Gasteiger charge is -2.13. The molecule has 88 valence electrons. The Balaban J connectivity index is 2.59. The quantitative estimate of drug-likeness (QED) is 0.572. The van der Waals surface area contributed by atoms with Gasteiger partial charge in [-0.25, -0.2) is 0 Å². The molecule has 0 aromatic heterocycles. The van der Waals surface area contributed by atoms with E-state index in [0.717, 1.165) is 6.07 Å². The molecule has 17 heavy (non-hydrogen) atoms. The first kappa shape index (κ1) is 11.2. The van der Waals surface area contributed by atoms with Crippen molar-refractivity contribution < 1.29 is 14.6 Å². The van der Waals surface area contributed by atoms with Crippen LogP contribution in [-0.4, -0.2) is 15.6 Å². The van der Waals surface area contributed by atoms with Gasteiger partial charge in [-0.15, -0.1) is 0 Å². The van der Waals surface area contributed by atoms with Gasteiger partial charge in [0.25, 0.3) is 0 Å². The van der Waals surface area contributed by atoms with Gasteiger partial charge in [-0.05, 0) is 17.5 Å². The maximum Gasteiger partial charge on any atom is 0.346 e. The van der Waals surface area contributed by atoms with Gasteiger partial charge in [-0.1, -0.05) is 0 Å². The molecule has 0 N–H and O–H groups in total. The van der Waals surface area contributed by atoms with Crippen LogP contribution in [0.1, 0.15) is 17.5 Å². The highest BCUT2D eigenvalue weighted by Gasteiger charge is 2.28. The molecule has 0 aliphatic heterocycles. The van der Waals surface area contributed by atoms with Crippen molar-refractivity contribution in [1.29, 1.82) is 0 Å². The Hall–Kier alpha value is -2.31. The number of nitro groups is 2. The van der Waals surface area contributed by atoms with E-state index in [4.69, 9.17) is 0 Å². The second-order valence-electron chi connectivity index (χ2n) is 3.84. The largest absolute Gasteiger partial charge is 0.346 e. The van der Waals surface area contributed by atoms with Gasteiger partial charge in [0.2, 0.25) is 0 Å². The number of Topliss-reactive ketones (excluding diaryl/α,β-unsaturated/α-hetero) is 1. The van der Waals surface area contributed by atoms with Crippen molar-refractivity contribution in [2.75, 3.05) is 0 Å². The molecule has 1 aliphatic rings. The summed E-state index contributed by atoms with van der Waals surface area (Å²) in [5, 5.41) is 21.4. The van der Waals surface area contributed by atoms with Crippen molar-refractivity contribution in [1.82, 2.24) is 0 Å². The molecule has 2 rings (SSSR count). The van der Waals surface area contributed by atoms with Crippen molar-refractivity contribution in [3.63, 3.8) is 0 Å². The normalized spacial score (nSPS) is 14.2. The smallest absolute Gasteiger partial charge is 0.299 e. The molecule has 0 fully saturated rings. The van der Waals surface area contributed by atoms with Gasteiger partial charge < -0.3 is 0 Å². The molecule has 0 bridgehead atoms. The summed E-state index contributed by atoms with van der Waals surface area (Å²) in [7, 11) is 0. The Morgan fingerprint density at radius 3 is 2.00 bits per heavy atom. The lowest BCUT2D eigenvalue weighted by Crippen LogP contribution is -2.14. The first-order valence-electron chi connectivity index (χ1n) is 4.95. The maximum atomic E-state index is 11.2. The first-order valence-corrected chi connectivity index (χ1v) is 4.95. The Bertz CT molecular complexity index is 538. The van der Waals surface area contributed by atoms with Crippen LogP contribution in [-0.2, 0) is 17.6 Å². The molecule has 1 aromatic carbocycles. The van der Waals surface area contributed by atoms with Gasteiger partial charge in [0, 0.05) is 25.0 Å². The number of hydrogen-bond donors (Lipinski definition) is 0. The predicted molar refractivity (Wildman–Crippen MR) is 56.8 cm³/mol. The third-order valence-electron chi connectivity index (χ3n) is 2.75. The third-order valence-corrected chi connectivity index (χ3v) is 2.75. The van der Waals surface area contributed by atoms with Crippen LogP contribution in [0.15, 0.2) is 12.1 Å². The summed E-state index contributed by atoms with van der Waals surface area (Å²) in [6.07, 6.45) is 0.864. The SMILES string of the molecule is O=C1CCc2cc([N+](=O)[O-])c([N+](=O)[O-])cc2C1. The highest BCUT2D eigenvalue weighted by Crippen LogP contribution is 2.32. The number of fused-ring (bicyclic) bond motifs is 1. The average molecular weight is 236 g/mol. The van der Waals surface area contributed by atoms with Crippen LogP contribution in [0.5, 0.6) is 0 Å². The zero-order valence-electron chi connectivity index (χ0n) is 8.71. The summed E-state index contributed by atoms with van der Waals surface area (Å²) in [4.78, 5) is 31.1. The third kappa shape index (κ3) is 1.99. The second kappa shape index (κ2) is 3.93. The molecule has 0 atom stereocenters. The van der Waals surface area contributed by atoms with Crippen molar-refractivity contribution in [2.24, 2.45) is 0 Å². The Labute approximate surface area is 95.4 Å². The summed E-state index contributed by atoms with van der Waals surface area (Å²) in [5.41, 5.74) is 0.118. The molecule has 0 spiro atoms. The molecule has 0 saturated heterocycles. The van der Waals surface area contributed by atoms with Gasteiger partial charge >= 0.3 is 11.4 Å². The number of rotatable bonds is 2. The number of aryl methyl sites for hydroxylation is 1. The van der Waals surface area contributed by atoms with E-state index in [0.29, 0.717) is 24.0 Å². The van der Waals surface area contributed by atoms with E-state index in [2.05, 4.69) is 0 Å². The summed E-state index contributed by atoms with van der Waals surface area (Å²) < 4.78 is 0. The summed E-state index contributed by atoms with van der Waals surface area (Å²) in [6.45, 7) is 0. The van der Waals surface area contributed by atoms with E-state index in [1.165, 1.54) is 6.07 Å². The van der Waals surface area contributed by atoms with Crippen LogP contribution in [0, 0.1) is 20.2 Å². The van der Waals surface area contributed by atoms with E-state index in [1.807, 2.05) is 0 Å². The topological polar surface area (TPSA) is 103 Å². The maximum absolute atomic E-state index is 11.2. The monoisotopic (exact) mass is 236 g/mol. The Morgan fingerprint density at radius 1 is 0.941 bits per heavy atom. The predicted octanol–water partition coefficient (Wildman–Crippen LogP) is 1.56. The summed E-state index contributed by atoms with van der Waals surface area (Å²) in [5.74, 6) is 0.000603. The Kier molecular flexibility index (Phi) is 2.58. The molecular weight excluding hydrogens is 228 g/mol. The lowest BCUT2D eigenvalue weighted by molar-refractivity contribution is -0.422. The van der Waals surface area contributed by atoms with Crippen molar-refractivity contribution in [3.05, 3.63) is 43.5 Å². The van der Waals surface area contributed by atoms with Crippen molar-refractivity contribution in [2.45, 2.75) is 19.3 Å². The van der Waals surface area contributed by atoms with Crippen LogP contribution < -0.4 is 0 Å². The molecule has 7 nitrogen and oxygen atoms in total. The van der Waals surface area contributed by atoms with Gasteiger partial charge in [0.15, 0.2) is 0 Å². The van der Waals surface area contributed by atoms with Crippen LogP contribution in [0.2, 0.25) is 0 Å². The minimum atomic E-state index is -0.794. The van der Waals surface area contributed by atoms with Crippen molar-refractivity contribution in [3.8, 4) is 0 Å². The number of ketones is 1. The molecule has 0 heterocycles. The number of carbonyl (C=O) groups excluding carboxylic acids is 1. The van der Waals surface area contributed by atoms with E-state index in [9.17, 15) is 25.0 Å². The number of benzene rings is 1. The van der Waals surface area contributed by atoms with Gasteiger partial charge in [0.05, 0.1) is 9.85 Å². The molecule has 0 amide bonds. The molecule has 0 radical (unpaired) electrons. The molecule has 1 aromatic rings. The zero-order valence-corrected chi connectivity index (χ0v) is 8.71. The van der Waals surface area contributed by atoms with Gasteiger partial charge in [-0.2, -0.15) is 0 Å². The molecule has 1 aliphatic carbocycles. The fraction of sp³-hybridized carbons (Fsp3) is 0.300. The number of nitro benzene ring substituents is 2.